The molecule has 1 aromatic heterocycles. The van der Waals surface area contributed by atoms with Crippen molar-refractivity contribution in [3.8, 4) is 17.0 Å². The first-order valence-corrected chi connectivity index (χ1v) is 7.46. The van der Waals surface area contributed by atoms with Gasteiger partial charge in [-0.1, -0.05) is 11.6 Å². The van der Waals surface area contributed by atoms with Gasteiger partial charge in [0.25, 0.3) is 0 Å². The highest BCUT2D eigenvalue weighted by atomic mass is 35.5. The van der Waals surface area contributed by atoms with Crippen molar-refractivity contribution in [1.29, 1.82) is 0 Å². The van der Waals surface area contributed by atoms with Crippen LogP contribution in [-0.4, -0.2) is 23.6 Å². The number of benzene rings is 1. The van der Waals surface area contributed by atoms with Crippen LogP contribution >= 0.6 is 23.2 Å². The molecule has 0 fully saturated rings. The van der Waals surface area contributed by atoms with Crippen molar-refractivity contribution >= 4 is 23.2 Å². The van der Waals surface area contributed by atoms with E-state index in [1.54, 1.807) is 6.07 Å². The topological polar surface area (TPSA) is 44.2 Å². The summed E-state index contributed by atoms with van der Waals surface area (Å²) in [6.07, 6.45) is 0. The van der Waals surface area contributed by atoms with Crippen LogP contribution in [-0.2, 0) is 10.6 Å². The fourth-order valence-corrected chi connectivity index (χ4v) is 2.31. The second-order valence-corrected chi connectivity index (χ2v) is 5.10. The number of alkyl halides is 1. The van der Waals surface area contributed by atoms with Crippen LogP contribution in [0.15, 0.2) is 24.3 Å². The molecule has 21 heavy (non-hydrogen) atoms. The van der Waals surface area contributed by atoms with Gasteiger partial charge in [0, 0.05) is 17.2 Å². The van der Waals surface area contributed by atoms with E-state index < -0.39 is 0 Å². The second kappa shape index (κ2) is 7.59. The quantitative estimate of drug-likeness (QED) is 0.453. The van der Waals surface area contributed by atoms with E-state index in [0.717, 1.165) is 16.8 Å². The Morgan fingerprint density at radius 3 is 2.62 bits per heavy atom. The summed E-state index contributed by atoms with van der Waals surface area (Å²) >= 11 is 11.8. The Morgan fingerprint density at radius 2 is 2.00 bits per heavy atom. The lowest BCUT2D eigenvalue weighted by atomic mass is 10.0. The van der Waals surface area contributed by atoms with E-state index >= 15 is 0 Å². The maximum atomic E-state index is 6.10. The Bertz CT molecular complexity index is 603. The van der Waals surface area contributed by atoms with E-state index in [9.17, 15) is 0 Å². The number of aromatic nitrogens is 2. The summed E-state index contributed by atoms with van der Waals surface area (Å²) in [5, 5.41) is 8.88. The number of nitrogens with zero attached hydrogens (tertiary/aromatic N) is 2. The summed E-state index contributed by atoms with van der Waals surface area (Å²) in [5.41, 5.74) is 3.25. The normalized spacial score (nSPS) is 10.7. The second-order valence-electron chi connectivity index (χ2n) is 4.39. The zero-order valence-electron chi connectivity index (χ0n) is 11.9. The molecule has 0 spiro atoms. The van der Waals surface area contributed by atoms with Crippen LogP contribution < -0.4 is 4.74 Å². The third-order valence-electron chi connectivity index (χ3n) is 2.88. The molecule has 1 heterocycles. The summed E-state index contributed by atoms with van der Waals surface area (Å²) in [6.45, 7) is 4.60. The molecule has 2 rings (SSSR count). The fourth-order valence-electron chi connectivity index (χ4n) is 1.91. The molecular formula is C15H16Cl2N2O2. The van der Waals surface area contributed by atoms with E-state index in [-0.39, 0.29) is 6.79 Å². The molecule has 0 saturated heterocycles. The van der Waals surface area contributed by atoms with E-state index in [4.69, 9.17) is 32.7 Å². The molecule has 0 amide bonds. The van der Waals surface area contributed by atoms with Crippen LogP contribution in [0.2, 0.25) is 5.02 Å². The number of hydrogen-bond donors (Lipinski definition) is 0. The summed E-state index contributed by atoms with van der Waals surface area (Å²) in [5.74, 6) is 0.960. The highest BCUT2D eigenvalue weighted by Crippen LogP contribution is 2.34. The third-order valence-corrected chi connectivity index (χ3v) is 3.37. The zero-order valence-corrected chi connectivity index (χ0v) is 13.4. The first kappa shape index (κ1) is 16.0. The molecular weight excluding hydrogens is 311 g/mol. The highest BCUT2D eigenvalue weighted by Gasteiger charge is 2.13. The van der Waals surface area contributed by atoms with Crippen molar-refractivity contribution in [2.75, 3.05) is 13.4 Å². The van der Waals surface area contributed by atoms with Crippen LogP contribution in [0.25, 0.3) is 11.3 Å². The van der Waals surface area contributed by atoms with Crippen LogP contribution in [0.5, 0.6) is 5.75 Å². The first-order valence-electron chi connectivity index (χ1n) is 6.55. The Labute approximate surface area is 134 Å². The van der Waals surface area contributed by atoms with Crippen molar-refractivity contribution in [1.82, 2.24) is 10.2 Å². The minimum Gasteiger partial charge on any atom is -0.467 e. The standard InChI is InChI=1S/C15H16Cl2N2O2/c1-3-20-9-21-14-7-11(17)6-10(2)15(14)13-5-4-12(8-16)18-19-13/h4-7H,3,8-9H2,1-2H3. The van der Waals surface area contributed by atoms with Crippen LogP contribution in [0, 0.1) is 6.92 Å². The molecule has 0 aliphatic heterocycles. The third kappa shape index (κ3) is 4.06. The van der Waals surface area contributed by atoms with E-state index in [1.807, 2.05) is 32.0 Å². The molecule has 2 aromatic rings. The van der Waals surface area contributed by atoms with Gasteiger partial charge in [-0.25, -0.2) is 0 Å². The molecule has 0 bridgehead atoms. The van der Waals surface area contributed by atoms with Gasteiger partial charge in [-0.05, 0) is 43.7 Å². The highest BCUT2D eigenvalue weighted by molar-refractivity contribution is 6.31. The van der Waals surface area contributed by atoms with Gasteiger partial charge in [0.05, 0.1) is 17.3 Å². The van der Waals surface area contributed by atoms with E-state index in [1.165, 1.54) is 0 Å². The SMILES string of the molecule is CCOCOc1cc(Cl)cc(C)c1-c1ccc(CCl)nn1. The van der Waals surface area contributed by atoms with Crippen molar-refractivity contribution in [3.63, 3.8) is 0 Å². The lowest BCUT2D eigenvalue weighted by Gasteiger charge is -2.14. The van der Waals surface area contributed by atoms with Crippen molar-refractivity contribution in [2.45, 2.75) is 19.7 Å². The van der Waals surface area contributed by atoms with Gasteiger partial charge in [0.2, 0.25) is 0 Å². The predicted molar refractivity (Wildman–Crippen MR) is 83.9 cm³/mol. The molecule has 0 radical (unpaired) electrons. The minimum absolute atomic E-state index is 0.163. The lowest BCUT2D eigenvalue weighted by Crippen LogP contribution is -2.04. The molecule has 0 N–H and O–H groups in total. The lowest BCUT2D eigenvalue weighted by molar-refractivity contribution is 0.0227. The minimum atomic E-state index is 0.163. The summed E-state index contributed by atoms with van der Waals surface area (Å²) in [7, 11) is 0. The van der Waals surface area contributed by atoms with E-state index in [2.05, 4.69) is 10.2 Å². The molecule has 6 heteroatoms. The Morgan fingerprint density at radius 1 is 1.19 bits per heavy atom. The Balaban J connectivity index is 2.39. The van der Waals surface area contributed by atoms with Crippen LogP contribution in [0.3, 0.4) is 0 Å². The number of rotatable bonds is 6. The summed E-state index contributed by atoms with van der Waals surface area (Å²) in [4.78, 5) is 0. The maximum Gasteiger partial charge on any atom is 0.189 e. The van der Waals surface area contributed by atoms with Gasteiger partial charge in [-0.3, -0.25) is 0 Å². The van der Waals surface area contributed by atoms with Crippen LogP contribution in [0.1, 0.15) is 18.2 Å². The largest absolute Gasteiger partial charge is 0.467 e. The predicted octanol–water partition coefficient (Wildman–Crippen LogP) is 4.22. The number of aryl methyl sites for hydroxylation is 1. The zero-order chi connectivity index (χ0) is 15.2. The molecule has 0 aliphatic carbocycles. The average molecular weight is 327 g/mol. The molecule has 0 atom stereocenters. The number of ether oxygens (including phenoxy) is 2. The average Bonchev–Trinajstić information content (AvgIpc) is 2.47. The van der Waals surface area contributed by atoms with E-state index in [0.29, 0.717) is 29.0 Å². The smallest absolute Gasteiger partial charge is 0.189 e. The number of halogens is 2. The number of hydrogen-bond acceptors (Lipinski definition) is 4. The molecule has 0 aliphatic rings. The van der Waals surface area contributed by atoms with Gasteiger partial charge in [-0.2, -0.15) is 10.2 Å². The van der Waals surface area contributed by atoms with Crippen molar-refractivity contribution < 1.29 is 9.47 Å². The van der Waals surface area contributed by atoms with Gasteiger partial charge in [0.1, 0.15) is 5.75 Å². The first-order chi connectivity index (χ1) is 10.2. The molecule has 1 aromatic carbocycles. The van der Waals surface area contributed by atoms with Gasteiger partial charge in [0.15, 0.2) is 6.79 Å². The van der Waals surface area contributed by atoms with Gasteiger partial charge in [-0.15, -0.1) is 11.6 Å². The molecule has 4 nitrogen and oxygen atoms in total. The maximum absolute atomic E-state index is 6.10. The summed E-state index contributed by atoms with van der Waals surface area (Å²) < 4.78 is 10.9. The summed E-state index contributed by atoms with van der Waals surface area (Å²) in [6, 6.07) is 7.33. The Kier molecular flexibility index (Phi) is 5.79. The van der Waals surface area contributed by atoms with Crippen molar-refractivity contribution in [2.24, 2.45) is 0 Å². The van der Waals surface area contributed by atoms with Crippen LogP contribution in [0.4, 0.5) is 0 Å². The van der Waals surface area contributed by atoms with Gasteiger partial charge >= 0.3 is 0 Å². The molecule has 0 saturated carbocycles. The molecule has 0 unspecified atom stereocenters. The Hall–Kier alpha value is -1.36. The monoisotopic (exact) mass is 326 g/mol. The fraction of sp³-hybridized carbons (Fsp3) is 0.333. The molecule has 112 valence electrons. The van der Waals surface area contributed by atoms with Crippen molar-refractivity contribution in [3.05, 3.63) is 40.5 Å². The van der Waals surface area contributed by atoms with Gasteiger partial charge < -0.3 is 9.47 Å².